The summed E-state index contributed by atoms with van der Waals surface area (Å²) >= 11 is 1.21. The molecule has 2 aromatic rings. The minimum absolute atomic E-state index is 0.429. The van der Waals surface area contributed by atoms with Gasteiger partial charge in [-0.1, -0.05) is 0 Å². The van der Waals surface area contributed by atoms with Crippen molar-refractivity contribution in [1.29, 1.82) is 0 Å². The summed E-state index contributed by atoms with van der Waals surface area (Å²) in [5.41, 5.74) is 0. The molecule has 0 saturated carbocycles. The van der Waals surface area contributed by atoms with Crippen molar-refractivity contribution < 1.29 is 13.5 Å². The number of fused-ring (bicyclic) bond motifs is 1. The van der Waals surface area contributed by atoms with Gasteiger partial charge in [0.25, 0.3) is 0 Å². The maximum atomic E-state index is 13.1. The smallest absolute Gasteiger partial charge is 0.144 e. The molecule has 0 aliphatic heterocycles. The van der Waals surface area contributed by atoms with Crippen molar-refractivity contribution in [3.63, 3.8) is 0 Å². The topological polar surface area (TPSA) is 9.23 Å². The molecule has 0 radical (unpaired) electrons. The van der Waals surface area contributed by atoms with Crippen molar-refractivity contribution in [3.8, 4) is 5.75 Å². The molecule has 2 rings (SSSR count). The van der Waals surface area contributed by atoms with Crippen LogP contribution in [0, 0.1) is 11.6 Å². The summed E-state index contributed by atoms with van der Waals surface area (Å²) in [6.45, 7) is 0. The number of thiophene rings is 1. The molecule has 0 saturated heterocycles. The fraction of sp³-hybridized carbons (Fsp3) is 0.111. The van der Waals surface area contributed by atoms with Crippen molar-refractivity contribution in [2.45, 2.75) is 0 Å². The first-order valence-electron chi connectivity index (χ1n) is 3.62. The van der Waals surface area contributed by atoms with Gasteiger partial charge in [-0.2, -0.15) is 0 Å². The van der Waals surface area contributed by atoms with Crippen LogP contribution in [-0.2, 0) is 0 Å². The second kappa shape index (κ2) is 2.96. The molecule has 0 N–H and O–H groups in total. The highest BCUT2D eigenvalue weighted by Crippen LogP contribution is 2.34. The van der Waals surface area contributed by atoms with Crippen molar-refractivity contribution in [3.05, 3.63) is 29.1 Å². The quantitative estimate of drug-likeness (QED) is 0.687. The van der Waals surface area contributed by atoms with Crippen LogP contribution >= 0.6 is 11.3 Å². The molecule has 68 valence electrons. The third kappa shape index (κ3) is 1.27. The largest absolute Gasteiger partial charge is 0.495 e. The van der Waals surface area contributed by atoms with E-state index >= 15 is 0 Å². The number of ether oxygens (including phenoxy) is 1. The summed E-state index contributed by atoms with van der Waals surface area (Å²) in [6, 6.07) is 2.14. The third-order valence-corrected chi connectivity index (χ3v) is 2.76. The molecule has 0 aliphatic carbocycles. The Morgan fingerprint density at radius 1 is 1.31 bits per heavy atom. The molecule has 0 aliphatic rings. The van der Waals surface area contributed by atoms with Crippen molar-refractivity contribution in [2.24, 2.45) is 0 Å². The summed E-state index contributed by atoms with van der Waals surface area (Å²) in [6.07, 6.45) is 0. The normalized spacial score (nSPS) is 10.7. The molecule has 1 heterocycles. The van der Waals surface area contributed by atoms with Gasteiger partial charge in [-0.05, 0) is 6.07 Å². The molecule has 13 heavy (non-hydrogen) atoms. The fourth-order valence-corrected chi connectivity index (χ4v) is 2.10. The van der Waals surface area contributed by atoms with Crippen LogP contribution in [0.1, 0.15) is 0 Å². The molecule has 0 unspecified atom stereocenters. The van der Waals surface area contributed by atoms with E-state index in [4.69, 9.17) is 4.74 Å². The van der Waals surface area contributed by atoms with Gasteiger partial charge in [-0.15, -0.1) is 11.3 Å². The van der Waals surface area contributed by atoms with Gasteiger partial charge in [0.15, 0.2) is 0 Å². The molecule has 0 amide bonds. The van der Waals surface area contributed by atoms with Gasteiger partial charge in [0.05, 0.1) is 11.8 Å². The van der Waals surface area contributed by atoms with Crippen LogP contribution in [0.25, 0.3) is 10.1 Å². The molecule has 0 atom stereocenters. The summed E-state index contributed by atoms with van der Waals surface area (Å²) in [7, 11) is 1.48. The molecule has 4 heteroatoms. The van der Waals surface area contributed by atoms with Crippen LogP contribution < -0.4 is 4.74 Å². The van der Waals surface area contributed by atoms with Crippen LogP contribution in [0.15, 0.2) is 17.5 Å². The highest BCUT2D eigenvalue weighted by Gasteiger charge is 2.10. The Balaban J connectivity index is 2.82. The van der Waals surface area contributed by atoms with Crippen molar-refractivity contribution in [2.75, 3.05) is 7.11 Å². The number of rotatable bonds is 1. The summed E-state index contributed by atoms with van der Waals surface area (Å²) in [5.74, 6) is -0.608. The molecular formula is C9H6F2OS. The molecule has 0 bridgehead atoms. The van der Waals surface area contributed by atoms with E-state index in [1.807, 2.05) is 0 Å². The Morgan fingerprint density at radius 3 is 2.77 bits per heavy atom. The van der Waals surface area contributed by atoms with E-state index in [0.29, 0.717) is 15.8 Å². The first-order valence-corrected chi connectivity index (χ1v) is 4.50. The van der Waals surface area contributed by atoms with E-state index in [9.17, 15) is 8.78 Å². The molecule has 0 fully saturated rings. The van der Waals surface area contributed by atoms with Gasteiger partial charge in [0.2, 0.25) is 0 Å². The van der Waals surface area contributed by atoms with Gasteiger partial charge in [-0.3, -0.25) is 0 Å². The maximum Gasteiger partial charge on any atom is 0.144 e. The van der Waals surface area contributed by atoms with Gasteiger partial charge in [0.1, 0.15) is 17.4 Å². The summed E-state index contributed by atoms with van der Waals surface area (Å²) < 4.78 is 31.3. The second-order valence-electron chi connectivity index (χ2n) is 2.57. The highest BCUT2D eigenvalue weighted by molar-refractivity contribution is 7.17. The van der Waals surface area contributed by atoms with E-state index in [2.05, 4.69) is 0 Å². The number of hydrogen-bond acceptors (Lipinski definition) is 2. The summed E-state index contributed by atoms with van der Waals surface area (Å²) in [4.78, 5) is 0. The Morgan fingerprint density at radius 2 is 2.08 bits per heavy atom. The van der Waals surface area contributed by atoms with Crippen molar-refractivity contribution in [1.82, 2.24) is 0 Å². The predicted molar refractivity (Wildman–Crippen MR) is 48.3 cm³/mol. The molecule has 1 aromatic heterocycles. The first kappa shape index (κ1) is 8.44. The Bertz CT molecular complexity index is 450. The lowest BCUT2D eigenvalue weighted by Crippen LogP contribution is -1.82. The zero-order valence-corrected chi connectivity index (χ0v) is 7.62. The lowest BCUT2D eigenvalue weighted by molar-refractivity contribution is 0.421. The number of methoxy groups -OCH3 is 1. The van der Waals surface area contributed by atoms with Crippen LogP contribution in [0.5, 0.6) is 5.75 Å². The molecule has 1 nitrogen and oxygen atoms in total. The standard InChI is InChI=1S/C9H6F2OS/c1-12-8-4-13-9-6(8)2-5(10)3-7(9)11/h2-4H,1H3. The number of halogens is 2. The van der Waals surface area contributed by atoms with Crippen LogP contribution in [0.4, 0.5) is 8.78 Å². The fourth-order valence-electron chi connectivity index (χ4n) is 1.20. The Kier molecular flexibility index (Phi) is 1.92. The van der Waals surface area contributed by atoms with E-state index < -0.39 is 11.6 Å². The third-order valence-electron chi connectivity index (χ3n) is 1.78. The van der Waals surface area contributed by atoms with E-state index in [0.717, 1.165) is 6.07 Å². The summed E-state index contributed by atoms with van der Waals surface area (Å²) in [5, 5.41) is 2.15. The van der Waals surface area contributed by atoms with E-state index in [-0.39, 0.29) is 0 Å². The molecule has 0 spiro atoms. The van der Waals surface area contributed by atoms with Crippen LogP contribution in [0.3, 0.4) is 0 Å². The molecule has 1 aromatic carbocycles. The van der Waals surface area contributed by atoms with Gasteiger partial charge >= 0.3 is 0 Å². The van der Waals surface area contributed by atoms with Gasteiger partial charge < -0.3 is 4.74 Å². The van der Waals surface area contributed by atoms with Gasteiger partial charge in [-0.25, -0.2) is 8.78 Å². The monoisotopic (exact) mass is 200 g/mol. The van der Waals surface area contributed by atoms with E-state index in [1.54, 1.807) is 5.38 Å². The lowest BCUT2D eigenvalue weighted by atomic mass is 10.2. The lowest BCUT2D eigenvalue weighted by Gasteiger charge is -1.97. The minimum Gasteiger partial charge on any atom is -0.495 e. The second-order valence-corrected chi connectivity index (χ2v) is 3.45. The zero-order chi connectivity index (χ0) is 9.42. The van der Waals surface area contributed by atoms with Gasteiger partial charge in [0, 0.05) is 16.8 Å². The highest BCUT2D eigenvalue weighted by atomic mass is 32.1. The van der Waals surface area contributed by atoms with Crippen molar-refractivity contribution >= 4 is 21.4 Å². The Labute approximate surface area is 77.6 Å². The minimum atomic E-state index is -0.582. The van der Waals surface area contributed by atoms with Crippen LogP contribution in [0.2, 0.25) is 0 Å². The first-order chi connectivity index (χ1) is 6.22. The maximum absolute atomic E-state index is 13.1. The predicted octanol–water partition coefficient (Wildman–Crippen LogP) is 3.19. The SMILES string of the molecule is COc1csc2c(F)cc(F)cc12. The average molecular weight is 200 g/mol. The number of benzene rings is 1. The number of hydrogen-bond donors (Lipinski definition) is 0. The van der Waals surface area contributed by atoms with E-state index in [1.165, 1.54) is 24.5 Å². The average Bonchev–Trinajstić information content (AvgIpc) is 2.47. The molecular weight excluding hydrogens is 194 g/mol. The zero-order valence-electron chi connectivity index (χ0n) is 6.80. The Hall–Kier alpha value is -1.16. The van der Waals surface area contributed by atoms with Crippen LogP contribution in [-0.4, -0.2) is 7.11 Å².